The van der Waals surface area contributed by atoms with Gasteiger partial charge in [0.05, 0.1) is 6.20 Å². The lowest BCUT2D eigenvalue weighted by Crippen LogP contribution is -3.00. The van der Waals surface area contributed by atoms with Gasteiger partial charge in [-0.15, -0.1) is 0 Å². The highest BCUT2D eigenvalue weighted by atomic mass is 35.5. The van der Waals surface area contributed by atoms with Crippen LogP contribution in [0.4, 0.5) is 0 Å². The van der Waals surface area contributed by atoms with Gasteiger partial charge in [-0.3, -0.25) is 0 Å². The highest BCUT2D eigenvalue weighted by Gasteiger charge is 2.24. The van der Waals surface area contributed by atoms with E-state index in [1.807, 2.05) is 18.2 Å². The number of imidazole rings is 1. The van der Waals surface area contributed by atoms with E-state index < -0.39 is 0 Å². The average molecular weight is 407 g/mol. The second-order valence-corrected chi connectivity index (χ2v) is 7.53. The second kappa shape index (κ2) is 8.71. The van der Waals surface area contributed by atoms with Gasteiger partial charge in [-0.1, -0.05) is 54.1 Å². The molecule has 0 spiro atoms. The number of hydrogen-bond acceptors (Lipinski definition) is 1. The van der Waals surface area contributed by atoms with Crippen molar-refractivity contribution in [1.29, 1.82) is 0 Å². The van der Waals surface area contributed by atoms with E-state index in [0.29, 0.717) is 6.61 Å². The number of pyridine rings is 1. The summed E-state index contributed by atoms with van der Waals surface area (Å²) in [4.78, 5) is 0. The van der Waals surface area contributed by atoms with Crippen molar-refractivity contribution in [1.82, 2.24) is 4.57 Å². The average Bonchev–Trinajstić information content (AvgIpc) is 2.95. The molecule has 0 aliphatic rings. The molecule has 150 valence electrons. The largest absolute Gasteiger partial charge is 1.00 e. The van der Waals surface area contributed by atoms with E-state index in [2.05, 4.69) is 85.3 Å². The van der Waals surface area contributed by atoms with Gasteiger partial charge in [0.25, 0.3) is 0 Å². The number of fused-ring (bicyclic) bond motifs is 1. The molecule has 4 rings (SSSR count). The quantitative estimate of drug-likeness (QED) is 0.464. The Balaban J connectivity index is 0.00000240. The van der Waals surface area contributed by atoms with Gasteiger partial charge in [0.15, 0.2) is 0 Å². The van der Waals surface area contributed by atoms with E-state index in [0.717, 1.165) is 17.9 Å². The van der Waals surface area contributed by atoms with E-state index in [9.17, 15) is 0 Å². The smallest absolute Gasteiger partial charge is 0.329 e. The molecule has 2 aromatic heterocycles. The summed E-state index contributed by atoms with van der Waals surface area (Å²) in [5.41, 5.74) is 8.73. The summed E-state index contributed by atoms with van der Waals surface area (Å²) < 4.78 is 10.9. The van der Waals surface area contributed by atoms with Crippen LogP contribution in [0.3, 0.4) is 0 Å². The van der Waals surface area contributed by atoms with Crippen molar-refractivity contribution in [3.8, 4) is 5.75 Å². The summed E-state index contributed by atoms with van der Waals surface area (Å²) in [7, 11) is 0. The van der Waals surface area contributed by atoms with Gasteiger partial charge in [0, 0.05) is 13.8 Å². The highest BCUT2D eigenvalue weighted by Crippen LogP contribution is 2.24. The third-order valence-electron chi connectivity index (χ3n) is 5.55. The summed E-state index contributed by atoms with van der Waals surface area (Å²) in [6, 6.07) is 21.1. The summed E-state index contributed by atoms with van der Waals surface area (Å²) in [6.45, 7) is 10.1. The maximum atomic E-state index is 6.26. The molecular formula is C25H27ClN2O. The molecule has 0 atom stereocenters. The predicted molar refractivity (Wildman–Crippen MR) is 113 cm³/mol. The summed E-state index contributed by atoms with van der Waals surface area (Å²) in [6.07, 6.45) is 2.12. The number of nitrogens with zero attached hydrogens (tertiary/aromatic N) is 2. The molecule has 4 aromatic rings. The molecule has 0 fully saturated rings. The molecule has 0 unspecified atom stereocenters. The Labute approximate surface area is 179 Å². The molecule has 4 heteroatoms. The third-order valence-corrected chi connectivity index (χ3v) is 5.55. The molecule has 0 aliphatic heterocycles. The lowest BCUT2D eigenvalue weighted by Gasteiger charge is -2.09. The number of halogens is 1. The molecular weight excluding hydrogens is 380 g/mol. The maximum absolute atomic E-state index is 6.26. The fraction of sp³-hybridized carbons (Fsp3) is 0.240. The van der Waals surface area contributed by atoms with Crippen LogP contribution in [-0.4, -0.2) is 4.57 Å². The minimum absolute atomic E-state index is 0. The Hall–Kier alpha value is -2.78. The normalized spacial score (nSPS) is 10.8. The highest BCUT2D eigenvalue weighted by molar-refractivity contribution is 5.51. The van der Waals surface area contributed by atoms with Crippen LogP contribution in [0.2, 0.25) is 0 Å². The Morgan fingerprint density at radius 1 is 0.897 bits per heavy atom. The topological polar surface area (TPSA) is 18.3 Å². The monoisotopic (exact) mass is 406 g/mol. The number of benzene rings is 2. The standard InChI is InChI=1S/C25H27N2O.ClH/c1-18-12-13-19(2)23(15-18)16-27-21(4)20(3)26-14-8-11-24(25(26)27)28-17-22-9-6-5-7-10-22;/h5-15H,16-17H2,1-4H3;1H/q+1;/p-1. The van der Waals surface area contributed by atoms with Gasteiger partial charge in [0.1, 0.15) is 24.5 Å². The summed E-state index contributed by atoms with van der Waals surface area (Å²) in [5.74, 6) is 0.910. The van der Waals surface area contributed by atoms with Crippen LogP contribution < -0.4 is 21.5 Å². The Kier molecular flexibility index (Phi) is 6.29. The van der Waals surface area contributed by atoms with Gasteiger partial charge in [-0.25, -0.2) is 4.57 Å². The molecule has 0 bridgehead atoms. The Morgan fingerprint density at radius 2 is 1.66 bits per heavy atom. The minimum Gasteiger partial charge on any atom is -1.00 e. The van der Waals surface area contributed by atoms with E-state index in [1.165, 1.54) is 33.6 Å². The Morgan fingerprint density at radius 3 is 2.41 bits per heavy atom. The first-order valence-electron chi connectivity index (χ1n) is 9.77. The second-order valence-electron chi connectivity index (χ2n) is 7.53. The van der Waals surface area contributed by atoms with E-state index in [1.54, 1.807) is 0 Å². The molecule has 0 saturated heterocycles. The lowest BCUT2D eigenvalue weighted by atomic mass is 10.1. The van der Waals surface area contributed by atoms with Crippen molar-refractivity contribution in [2.45, 2.75) is 40.8 Å². The first-order valence-corrected chi connectivity index (χ1v) is 9.77. The number of aromatic nitrogens is 2. The molecule has 3 nitrogen and oxygen atoms in total. The van der Waals surface area contributed by atoms with Crippen LogP contribution in [0.15, 0.2) is 66.9 Å². The zero-order valence-corrected chi connectivity index (χ0v) is 18.2. The van der Waals surface area contributed by atoms with E-state index in [-0.39, 0.29) is 12.4 Å². The van der Waals surface area contributed by atoms with E-state index >= 15 is 0 Å². The fourth-order valence-electron chi connectivity index (χ4n) is 3.72. The third kappa shape index (κ3) is 4.15. The number of ether oxygens (including phenoxy) is 1. The zero-order chi connectivity index (χ0) is 19.7. The summed E-state index contributed by atoms with van der Waals surface area (Å²) >= 11 is 0. The van der Waals surface area contributed by atoms with Crippen LogP contribution in [0.5, 0.6) is 5.75 Å². The number of aryl methyl sites for hydroxylation is 3. The fourth-order valence-corrected chi connectivity index (χ4v) is 3.72. The Bertz CT molecular complexity index is 1130. The maximum Gasteiger partial charge on any atom is 0.329 e. The number of rotatable bonds is 5. The first kappa shape index (κ1) is 20.9. The van der Waals surface area contributed by atoms with Crippen molar-refractivity contribution in [3.63, 3.8) is 0 Å². The molecule has 0 amide bonds. The van der Waals surface area contributed by atoms with Crippen LogP contribution >= 0.6 is 0 Å². The SMILES string of the molecule is Cc1ccc(C)c(Cn2c(C)c(C)[n+]3cccc(OCc4ccccc4)c23)c1.[Cl-]. The molecule has 0 aliphatic carbocycles. The zero-order valence-electron chi connectivity index (χ0n) is 17.4. The molecule has 0 N–H and O–H groups in total. The first-order chi connectivity index (χ1) is 13.5. The van der Waals surface area contributed by atoms with Crippen LogP contribution in [0.1, 0.15) is 33.6 Å². The van der Waals surface area contributed by atoms with E-state index in [4.69, 9.17) is 4.74 Å². The molecule has 0 saturated carbocycles. The van der Waals surface area contributed by atoms with Gasteiger partial charge in [0.2, 0.25) is 5.75 Å². The van der Waals surface area contributed by atoms with Crippen LogP contribution in [0.25, 0.3) is 5.65 Å². The van der Waals surface area contributed by atoms with Crippen LogP contribution in [0, 0.1) is 27.7 Å². The van der Waals surface area contributed by atoms with Crippen molar-refractivity contribution < 1.29 is 21.5 Å². The van der Waals surface area contributed by atoms with Crippen LogP contribution in [-0.2, 0) is 13.2 Å². The number of hydrogen-bond donors (Lipinski definition) is 0. The molecule has 2 aromatic carbocycles. The predicted octanol–water partition coefficient (Wildman–Crippen LogP) is 2.09. The lowest BCUT2D eigenvalue weighted by molar-refractivity contribution is -0.519. The van der Waals surface area contributed by atoms with Gasteiger partial charge in [-0.2, -0.15) is 4.40 Å². The minimum atomic E-state index is 0. The van der Waals surface area contributed by atoms with Crippen molar-refractivity contribution >= 4 is 5.65 Å². The molecule has 0 radical (unpaired) electrons. The van der Waals surface area contributed by atoms with Gasteiger partial charge in [-0.05, 0) is 42.7 Å². The molecule has 29 heavy (non-hydrogen) atoms. The van der Waals surface area contributed by atoms with Gasteiger partial charge < -0.3 is 17.1 Å². The van der Waals surface area contributed by atoms with Crippen molar-refractivity contribution in [2.24, 2.45) is 0 Å². The summed E-state index contributed by atoms with van der Waals surface area (Å²) in [5, 5.41) is 0. The molecule has 2 heterocycles. The van der Waals surface area contributed by atoms with Gasteiger partial charge >= 0.3 is 5.65 Å². The van der Waals surface area contributed by atoms with Crippen molar-refractivity contribution in [2.75, 3.05) is 0 Å². The van der Waals surface area contributed by atoms with Crippen molar-refractivity contribution in [3.05, 3.63) is 101 Å².